The fourth-order valence-electron chi connectivity index (χ4n) is 3.70. The number of aryl methyl sites for hydroxylation is 2. The van der Waals surface area contributed by atoms with Crippen LogP contribution in [0.4, 0.5) is 5.13 Å². The minimum absolute atomic E-state index is 0.214. The van der Waals surface area contributed by atoms with E-state index in [-0.39, 0.29) is 17.4 Å². The van der Waals surface area contributed by atoms with E-state index in [1.54, 1.807) is 0 Å². The van der Waals surface area contributed by atoms with Crippen LogP contribution in [0, 0.1) is 13.8 Å². The monoisotopic (exact) mass is 467 g/mol. The van der Waals surface area contributed by atoms with Gasteiger partial charge in [-0.15, -0.1) is 21.5 Å². The number of amides is 1. The first-order valence-electron chi connectivity index (χ1n) is 10.5. The maximum atomic E-state index is 13.5. The average molecular weight is 468 g/mol. The van der Waals surface area contributed by atoms with E-state index in [2.05, 4.69) is 26.6 Å². The molecular formula is C23H25N5O2S2. The molecule has 0 radical (unpaired) electrons. The van der Waals surface area contributed by atoms with Crippen LogP contribution in [0.15, 0.2) is 34.7 Å². The van der Waals surface area contributed by atoms with Gasteiger partial charge in [0.25, 0.3) is 5.56 Å². The van der Waals surface area contributed by atoms with Crippen molar-refractivity contribution < 1.29 is 4.79 Å². The van der Waals surface area contributed by atoms with Gasteiger partial charge in [-0.3, -0.25) is 19.5 Å². The molecule has 1 atom stereocenters. The molecule has 0 saturated carbocycles. The molecule has 1 N–H and O–H groups in total. The SMILES string of the molecule is CCC(C(=O)Nc1nnc(C(C)C)s1)n1cnc2scc(-c3ccc(C)cc3C)c2c1=O. The number of hydrogen-bond acceptors (Lipinski definition) is 7. The highest BCUT2D eigenvalue weighted by molar-refractivity contribution is 7.17. The topological polar surface area (TPSA) is 89.8 Å². The van der Waals surface area contributed by atoms with Gasteiger partial charge in [-0.1, -0.05) is 55.9 Å². The number of rotatable bonds is 6. The Labute approximate surface area is 194 Å². The molecule has 1 unspecified atom stereocenters. The Bertz CT molecular complexity index is 1350. The van der Waals surface area contributed by atoms with Gasteiger partial charge in [0.2, 0.25) is 11.0 Å². The molecule has 0 fully saturated rings. The predicted molar refractivity (Wildman–Crippen MR) is 131 cm³/mol. The van der Waals surface area contributed by atoms with Gasteiger partial charge in [0.15, 0.2) is 0 Å². The van der Waals surface area contributed by atoms with Gasteiger partial charge in [0.05, 0.1) is 11.7 Å². The standard InChI is InChI=1S/C23H25N5O2S2/c1-6-17(19(29)25-23-27-26-20(32-23)12(2)3)28-11-24-21-18(22(28)30)16(10-31-21)15-8-7-13(4)9-14(15)5/h7-12,17H,6H2,1-5H3,(H,25,27,29). The summed E-state index contributed by atoms with van der Waals surface area (Å²) in [6.07, 6.45) is 1.91. The molecule has 32 heavy (non-hydrogen) atoms. The molecule has 9 heteroatoms. The lowest BCUT2D eigenvalue weighted by Crippen LogP contribution is -2.33. The van der Waals surface area contributed by atoms with Gasteiger partial charge in [0.1, 0.15) is 15.9 Å². The molecule has 4 rings (SSSR count). The maximum Gasteiger partial charge on any atom is 0.263 e. The third-order valence-corrected chi connectivity index (χ3v) is 7.41. The van der Waals surface area contributed by atoms with Crippen molar-refractivity contribution in [3.8, 4) is 11.1 Å². The number of nitrogens with zero attached hydrogens (tertiary/aromatic N) is 4. The molecule has 0 aliphatic rings. The normalized spacial score (nSPS) is 12.4. The number of hydrogen-bond donors (Lipinski definition) is 1. The molecule has 1 amide bonds. The lowest BCUT2D eigenvalue weighted by molar-refractivity contribution is -0.119. The molecule has 4 aromatic rings. The Kier molecular flexibility index (Phi) is 6.21. The van der Waals surface area contributed by atoms with Crippen molar-refractivity contribution in [2.75, 3.05) is 5.32 Å². The highest BCUT2D eigenvalue weighted by atomic mass is 32.1. The third-order valence-electron chi connectivity index (χ3n) is 5.38. The summed E-state index contributed by atoms with van der Waals surface area (Å²) in [5.74, 6) is -0.0675. The molecule has 0 spiro atoms. The van der Waals surface area contributed by atoms with E-state index in [0.29, 0.717) is 21.8 Å². The number of thiophene rings is 1. The molecule has 1 aromatic carbocycles. The van der Waals surface area contributed by atoms with Crippen LogP contribution in [0.25, 0.3) is 21.3 Å². The summed E-state index contributed by atoms with van der Waals surface area (Å²) in [5, 5.41) is 14.8. The Hall–Kier alpha value is -2.91. The van der Waals surface area contributed by atoms with Gasteiger partial charge in [-0.25, -0.2) is 4.98 Å². The van der Waals surface area contributed by atoms with Crippen LogP contribution in [-0.2, 0) is 4.79 Å². The Balaban J connectivity index is 1.73. The predicted octanol–water partition coefficient (Wildman–Crippen LogP) is 5.31. The van der Waals surface area contributed by atoms with Crippen molar-refractivity contribution in [2.24, 2.45) is 0 Å². The molecule has 0 aliphatic heterocycles. The van der Waals surface area contributed by atoms with Crippen molar-refractivity contribution in [1.29, 1.82) is 0 Å². The Morgan fingerprint density at radius 1 is 1.19 bits per heavy atom. The summed E-state index contributed by atoms with van der Waals surface area (Å²) in [5.41, 5.74) is 3.91. The summed E-state index contributed by atoms with van der Waals surface area (Å²) >= 11 is 2.79. The fraction of sp³-hybridized carbons (Fsp3) is 0.348. The van der Waals surface area contributed by atoms with Crippen molar-refractivity contribution in [3.63, 3.8) is 0 Å². The number of aromatic nitrogens is 4. The van der Waals surface area contributed by atoms with E-state index in [4.69, 9.17) is 0 Å². The first kappa shape index (κ1) is 22.3. The first-order chi connectivity index (χ1) is 15.3. The van der Waals surface area contributed by atoms with E-state index < -0.39 is 6.04 Å². The average Bonchev–Trinajstić information content (AvgIpc) is 3.38. The van der Waals surface area contributed by atoms with Gasteiger partial charge in [0, 0.05) is 16.9 Å². The molecular weight excluding hydrogens is 442 g/mol. The minimum Gasteiger partial charge on any atom is -0.299 e. The maximum absolute atomic E-state index is 13.5. The molecule has 0 aliphatic carbocycles. The van der Waals surface area contributed by atoms with Crippen molar-refractivity contribution in [1.82, 2.24) is 19.7 Å². The lowest BCUT2D eigenvalue weighted by Gasteiger charge is -2.17. The number of benzene rings is 1. The molecule has 0 saturated heterocycles. The van der Waals surface area contributed by atoms with Crippen molar-refractivity contribution in [2.45, 2.75) is 53.0 Å². The minimum atomic E-state index is -0.697. The highest BCUT2D eigenvalue weighted by Gasteiger charge is 2.24. The van der Waals surface area contributed by atoms with E-state index in [0.717, 1.165) is 21.7 Å². The first-order valence-corrected chi connectivity index (χ1v) is 12.2. The number of fused-ring (bicyclic) bond motifs is 1. The van der Waals surface area contributed by atoms with Crippen LogP contribution in [0.3, 0.4) is 0 Å². The Morgan fingerprint density at radius 3 is 2.62 bits per heavy atom. The summed E-state index contributed by atoms with van der Waals surface area (Å²) in [7, 11) is 0. The summed E-state index contributed by atoms with van der Waals surface area (Å²) < 4.78 is 1.43. The summed E-state index contributed by atoms with van der Waals surface area (Å²) in [4.78, 5) is 31.7. The van der Waals surface area contributed by atoms with Crippen molar-refractivity contribution >= 4 is 43.9 Å². The molecule has 3 aromatic heterocycles. The zero-order chi connectivity index (χ0) is 23.0. The van der Waals surface area contributed by atoms with Crippen LogP contribution < -0.4 is 10.9 Å². The van der Waals surface area contributed by atoms with Gasteiger partial charge in [-0.05, 0) is 31.4 Å². The van der Waals surface area contributed by atoms with Crippen LogP contribution in [0.2, 0.25) is 0 Å². The zero-order valence-electron chi connectivity index (χ0n) is 18.7. The highest BCUT2D eigenvalue weighted by Crippen LogP contribution is 2.33. The summed E-state index contributed by atoms with van der Waals surface area (Å²) in [6, 6.07) is 5.48. The van der Waals surface area contributed by atoms with Crippen LogP contribution in [0.5, 0.6) is 0 Å². The quantitative estimate of drug-likeness (QED) is 0.415. The van der Waals surface area contributed by atoms with Crippen molar-refractivity contribution in [3.05, 3.63) is 56.4 Å². The number of carbonyl (C=O) groups excluding carboxylic acids is 1. The molecule has 166 valence electrons. The molecule has 0 bridgehead atoms. The second kappa shape index (κ2) is 8.91. The third kappa shape index (κ3) is 4.10. The van der Waals surface area contributed by atoms with Gasteiger partial charge >= 0.3 is 0 Å². The number of anilines is 1. The molecule has 7 nitrogen and oxygen atoms in total. The van der Waals surface area contributed by atoms with E-state index in [1.807, 2.05) is 52.1 Å². The fourth-order valence-corrected chi connectivity index (χ4v) is 5.34. The van der Waals surface area contributed by atoms with E-state index >= 15 is 0 Å². The molecule has 3 heterocycles. The second-order valence-electron chi connectivity index (χ2n) is 8.12. The Morgan fingerprint density at radius 2 is 1.97 bits per heavy atom. The lowest BCUT2D eigenvalue weighted by atomic mass is 9.99. The van der Waals surface area contributed by atoms with Crippen LogP contribution in [-0.4, -0.2) is 25.7 Å². The van der Waals surface area contributed by atoms with E-state index in [1.165, 1.54) is 39.1 Å². The van der Waals surface area contributed by atoms with Crippen LogP contribution in [0.1, 0.15) is 55.3 Å². The number of nitrogens with one attached hydrogen (secondary N) is 1. The largest absolute Gasteiger partial charge is 0.299 e. The zero-order valence-corrected chi connectivity index (χ0v) is 20.3. The van der Waals surface area contributed by atoms with Gasteiger partial charge in [-0.2, -0.15) is 0 Å². The van der Waals surface area contributed by atoms with Gasteiger partial charge < -0.3 is 0 Å². The smallest absolute Gasteiger partial charge is 0.263 e. The summed E-state index contributed by atoms with van der Waals surface area (Å²) in [6.45, 7) is 10.0. The number of carbonyl (C=O) groups is 1. The van der Waals surface area contributed by atoms with E-state index in [9.17, 15) is 9.59 Å². The van der Waals surface area contributed by atoms with Crippen LogP contribution >= 0.6 is 22.7 Å². The second-order valence-corrected chi connectivity index (χ2v) is 9.99.